The fourth-order valence-corrected chi connectivity index (χ4v) is 3.07. The van der Waals surface area contributed by atoms with E-state index >= 15 is 0 Å². The Morgan fingerprint density at radius 1 is 1.25 bits per heavy atom. The van der Waals surface area contributed by atoms with Gasteiger partial charge in [0.15, 0.2) is 0 Å². The van der Waals surface area contributed by atoms with E-state index in [-0.39, 0.29) is 6.04 Å². The molecule has 1 aromatic carbocycles. The molecular weight excluding hydrogens is 268 g/mol. The number of nitrogen functional groups attached to an aromatic ring is 1. The molecule has 2 aromatic heterocycles. The predicted octanol–water partition coefficient (Wildman–Crippen LogP) is 3.47. The van der Waals surface area contributed by atoms with Gasteiger partial charge in [-0.05, 0) is 36.6 Å². The number of hydrogen-bond donors (Lipinski definition) is 1. The van der Waals surface area contributed by atoms with Crippen molar-refractivity contribution in [2.45, 2.75) is 13.0 Å². The topological polar surface area (TPSA) is 55.0 Å². The Kier molecular flexibility index (Phi) is 3.28. The van der Waals surface area contributed by atoms with Crippen LogP contribution in [-0.4, -0.2) is 17.0 Å². The van der Waals surface area contributed by atoms with E-state index in [1.807, 2.05) is 18.2 Å². The molecular formula is C15H16N4S. The van der Waals surface area contributed by atoms with E-state index < -0.39 is 0 Å². The molecule has 3 aromatic rings. The van der Waals surface area contributed by atoms with Crippen LogP contribution in [-0.2, 0) is 0 Å². The minimum absolute atomic E-state index is 0.269. The largest absolute Gasteiger partial charge is 0.399 e. The highest BCUT2D eigenvalue weighted by atomic mass is 32.1. The van der Waals surface area contributed by atoms with Gasteiger partial charge in [0.25, 0.3) is 0 Å². The second-order valence-corrected chi connectivity index (χ2v) is 5.76. The Labute approximate surface area is 121 Å². The maximum Gasteiger partial charge on any atom is 0.140 e. The molecule has 0 fully saturated rings. The number of hydrogen-bond acceptors (Lipinski definition) is 5. The standard InChI is InChI=1S/C15H16N4S/c1-10(14-4-3-7-20-14)19(2)15-12-6-5-11(16)8-13(12)17-9-18-15/h3-10H,16H2,1-2H3. The molecule has 0 aliphatic rings. The summed E-state index contributed by atoms with van der Waals surface area (Å²) < 4.78 is 0. The molecule has 0 bridgehead atoms. The molecule has 102 valence electrons. The van der Waals surface area contributed by atoms with Gasteiger partial charge < -0.3 is 10.6 Å². The number of rotatable bonds is 3. The fourth-order valence-electron chi connectivity index (χ4n) is 2.24. The smallest absolute Gasteiger partial charge is 0.140 e. The zero-order chi connectivity index (χ0) is 14.1. The molecule has 0 saturated carbocycles. The van der Waals surface area contributed by atoms with Crippen LogP contribution in [0, 0.1) is 0 Å². The number of nitrogens with zero attached hydrogens (tertiary/aromatic N) is 3. The summed E-state index contributed by atoms with van der Waals surface area (Å²) in [6.07, 6.45) is 1.59. The van der Waals surface area contributed by atoms with Crippen molar-refractivity contribution in [1.82, 2.24) is 9.97 Å². The van der Waals surface area contributed by atoms with Gasteiger partial charge in [0, 0.05) is 23.0 Å². The summed E-state index contributed by atoms with van der Waals surface area (Å²) in [7, 11) is 2.06. The quantitative estimate of drug-likeness (QED) is 0.748. The van der Waals surface area contributed by atoms with Gasteiger partial charge in [-0.1, -0.05) is 6.07 Å². The zero-order valence-electron chi connectivity index (χ0n) is 11.4. The van der Waals surface area contributed by atoms with E-state index in [0.29, 0.717) is 0 Å². The molecule has 20 heavy (non-hydrogen) atoms. The molecule has 0 spiro atoms. The summed E-state index contributed by atoms with van der Waals surface area (Å²) >= 11 is 1.76. The number of benzene rings is 1. The van der Waals surface area contributed by atoms with Crippen molar-refractivity contribution in [3.63, 3.8) is 0 Å². The van der Waals surface area contributed by atoms with Gasteiger partial charge in [0.2, 0.25) is 0 Å². The second-order valence-electron chi connectivity index (χ2n) is 4.78. The molecule has 0 saturated heterocycles. The summed E-state index contributed by atoms with van der Waals surface area (Å²) in [5.74, 6) is 0.927. The Bertz CT molecular complexity index is 724. The summed E-state index contributed by atoms with van der Waals surface area (Å²) in [5, 5.41) is 3.12. The van der Waals surface area contributed by atoms with Crippen molar-refractivity contribution < 1.29 is 0 Å². The van der Waals surface area contributed by atoms with E-state index in [1.165, 1.54) is 4.88 Å². The first kappa shape index (κ1) is 12.9. The molecule has 1 unspecified atom stereocenters. The van der Waals surface area contributed by atoms with Crippen LogP contribution in [0.5, 0.6) is 0 Å². The molecule has 0 radical (unpaired) electrons. The van der Waals surface area contributed by atoms with Crippen molar-refractivity contribution in [3.8, 4) is 0 Å². The number of aromatic nitrogens is 2. The predicted molar refractivity (Wildman–Crippen MR) is 85.1 cm³/mol. The summed E-state index contributed by atoms with van der Waals surface area (Å²) in [5.41, 5.74) is 7.41. The Morgan fingerprint density at radius 3 is 2.85 bits per heavy atom. The lowest BCUT2D eigenvalue weighted by atomic mass is 10.2. The lowest BCUT2D eigenvalue weighted by molar-refractivity contribution is 0.744. The van der Waals surface area contributed by atoms with Crippen LogP contribution in [0.15, 0.2) is 42.0 Å². The normalized spacial score (nSPS) is 12.5. The highest BCUT2D eigenvalue weighted by Gasteiger charge is 2.16. The number of fused-ring (bicyclic) bond motifs is 1. The molecule has 0 aliphatic heterocycles. The van der Waals surface area contributed by atoms with Crippen molar-refractivity contribution in [1.29, 1.82) is 0 Å². The first-order valence-corrected chi connectivity index (χ1v) is 7.31. The second kappa shape index (κ2) is 5.09. The third-order valence-electron chi connectivity index (χ3n) is 3.51. The number of nitrogens with two attached hydrogens (primary N) is 1. The molecule has 0 aliphatic carbocycles. The molecule has 2 heterocycles. The SMILES string of the molecule is CC(c1cccs1)N(C)c1ncnc2cc(N)ccc12. The number of anilines is 2. The molecule has 3 rings (SSSR count). The summed E-state index contributed by atoms with van der Waals surface area (Å²) in [6, 6.07) is 10.2. The van der Waals surface area contributed by atoms with E-state index in [1.54, 1.807) is 17.7 Å². The Morgan fingerprint density at radius 2 is 2.10 bits per heavy atom. The van der Waals surface area contributed by atoms with Gasteiger partial charge in [0.05, 0.1) is 11.6 Å². The van der Waals surface area contributed by atoms with Crippen LogP contribution < -0.4 is 10.6 Å². The third kappa shape index (κ3) is 2.20. The van der Waals surface area contributed by atoms with Crippen LogP contribution >= 0.6 is 11.3 Å². The van der Waals surface area contributed by atoms with Crippen molar-refractivity contribution >= 4 is 33.7 Å². The first-order valence-electron chi connectivity index (χ1n) is 6.43. The van der Waals surface area contributed by atoms with Gasteiger partial charge >= 0.3 is 0 Å². The molecule has 5 heteroatoms. The monoisotopic (exact) mass is 284 g/mol. The summed E-state index contributed by atoms with van der Waals surface area (Å²) in [4.78, 5) is 12.2. The van der Waals surface area contributed by atoms with E-state index in [9.17, 15) is 0 Å². The average Bonchev–Trinajstić information content (AvgIpc) is 2.99. The molecule has 2 N–H and O–H groups in total. The van der Waals surface area contributed by atoms with Gasteiger partial charge in [0.1, 0.15) is 12.1 Å². The van der Waals surface area contributed by atoms with E-state index in [2.05, 4.69) is 46.4 Å². The average molecular weight is 284 g/mol. The number of thiophene rings is 1. The third-order valence-corrected chi connectivity index (χ3v) is 4.55. The lowest BCUT2D eigenvalue weighted by Crippen LogP contribution is -2.22. The lowest BCUT2D eigenvalue weighted by Gasteiger charge is -2.26. The van der Waals surface area contributed by atoms with Crippen LogP contribution in [0.25, 0.3) is 10.9 Å². The zero-order valence-corrected chi connectivity index (χ0v) is 12.3. The highest BCUT2D eigenvalue weighted by molar-refractivity contribution is 7.10. The molecule has 1 atom stereocenters. The minimum Gasteiger partial charge on any atom is -0.399 e. The highest BCUT2D eigenvalue weighted by Crippen LogP contribution is 2.31. The van der Waals surface area contributed by atoms with E-state index in [0.717, 1.165) is 22.4 Å². The van der Waals surface area contributed by atoms with E-state index in [4.69, 9.17) is 5.73 Å². The minimum atomic E-state index is 0.269. The van der Waals surface area contributed by atoms with Crippen LogP contribution in [0.4, 0.5) is 11.5 Å². The van der Waals surface area contributed by atoms with Crippen LogP contribution in [0.3, 0.4) is 0 Å². The first-order chi connectivity index (χ1) is 9.66. The van der Waals surface area contributed by atoms with Gasteiger partial charge in [-0.3, -0.25) is 0 Å². The molecule has 4 nitrogen and oxygen atoms in total. The van der Waals surface area contributed by atoms with Crippen LogP contribution in [0.1, 0.15) is 17.8 Å². The maximum atomic E-state index is 5.81. The van der Waals surface area contributed by atoms with Gasteiger partial charge in [-0.2, -0.15) is 0 Å². The fraction of sp³-hybridized carbons (Fsp3) is 0.200. The maximum absolute atomic E-state index is 5.81. The van der Waals surface area contributed by atoms with Crippen LogP contribution in [0.2, 0.25) is 0 Å². The molecule has 0 amide bonds. The summed E-state index contributed by atoms with van der Waals surface area (Å²) in [6.45, 7) is 2.18. The van der Waals surface area contributed by atoms with Crippen molar-refractivity contribution in [2.75, 3.05) is 17.7 Å². The van der Waals surface area contributed by atoms with Gasteiger partial charge in [-0.25, -0.2) is 9.97 Å². The van der Waals surface area contributed by atoms with Crippen molar-refractivity contribution in [2.24, 2.45) is 0 Å². The van der Waals surface area contributed by atoms with Crippen molar-refractivity contribution in [3.05, 3.63) is 46.9 Å². The Balaban J connectivity index is 2.05. The van der Waals surface area contributed by atoms with Gasteiger partial charge in [-0.15, -0.1) is 11.3 Å². The Hall–Kier alpha value is -2.14.